The molecule has 0 heterocycles. The first-order valence-corrected chi connectivity index (χ1v) is 10.3. The van der Waals surface area contributed by atoms with Gasteiger partial charge < -0.3 is 16.2 Å². The Labute approximate surface area is 171 Å². The first-order chi connectivity index (χ1) is 13.9. The van der Waals surface area contributed by atoms with Gasteiger partial charge in [0.05, 0.1) is 6.54 Å². The van der Waals surface area contributed by atoms with Crippen molar-refractivity contribution in [3.8, 4) is 0 Å². The van der Waals surface area contributed by atoms with Crippen LogP contribution in [0.5, 0.6) is 0 Å². The summed E-state index contributed by atoms with van der Waals surface area (Å²) in [5.41, 5.74) is 7.04. The number of hydrogen-bond acceptors (Lipinski definition) is 4. The summed E-state index contributed by atoms with van der Waals surface area (Å²) in [5.74, 6) is -1.28. The number of nitrogens with two attached hydrogens (primary N) is 1. The minimum absolute atomic E-state index is 0.00533. The topological polar surface area (TPSA) is 133 Å². The van der Waals surface area contributed by atoms with Gasteiger partial charge in [0.2, 0.25) is 5.91 Å². The molecule has 7 nitrogen and oxygen atoms in total. The van der Waals surface area contributed by atoms with E-state index in [-0.39, 0.29) is 42.3 Å². The standard InChI is InChI=1S/C22H31N3O4/c23-21(24)17-9-6-15(7-10-17)8-11-18(26)14-25-22(29)19(12-13-20(27)28)16-4-2-1-3-5-16/h6-7,9-10,16,19H,1-5,8,11-14H2,(H3,23,24)(H,25,29)(H,27,28)/t19-/m1/s1. The number of rotatable bonds is 11. The van der Waals surface area contributed by atoms with Crippen molar-refractivity contribution in [3.05, 3.63) is 35.4 Å². The number of carbonyl (C=O) groups excluding carboxylic acids is 2. The van der Waals surface area contributed by atoms with Gasteiger partial charge in [0.1, 0.15) is 5.84 Å². The van der Waals surface area contributed by atoms with Crippen LogP contribution in [0.25, 0.3) is 0 Å². The minimum Gasteiger partial charge on any atom is -0.481 e. The summed E-state index contributed by atoms with van der Waals surface area (Å²) >= 11 is 0. The Bertz CT molecular complexity index is 724. The van der Waals surface area contributed by atoms with Crippen molar-refractivity contribution in [2.75, 3.05) is 6.54 Å². The zero-order chi connectivity index (χ0) is 21.2. The third kappa shape index (κ3) is 7.68. The second-order valence-electron chi connectivity index (χ2n) is 7.80. The van der Waals surface area contributed by atoms with Gasteiger partial charge in [0, 0.05) is 24.3 Å². The average molecular weight is 402 g/mol. The molecule has 1 atom stereocenters. The lowest BCUT2D eigenvalue weighted by Gasteiger charge is -2.29. The quantitative estimate of drug-likeness (QED) is 0.334. The maximum absolute atomic E-state index is 12.6. The molecule has 158 valence electrons. The van der Waals surface area contributed by atoms with Gasteiger partial charge in [-0.25, -0.2) is 0 Å². The number of amides is 1. The van der Waals surface area contributed by atoms with Crippen molar-refractivity contribution >= 4 is 23.5 Å². The van der Waals surface area contributed by atoms with Crippen LogP contribution < -0.4 is 11.1 Å². The summed E-state index contributed by atoms with van der Waals surface area (Å²) in [6.45, 7) is -0.0271. The molecule has 2 rings (SSSR count). The maximum Gasteiger partial charge on any atom is 0.303 e. The molecule has 7 heteroatoms. The van der Waals surface area contributed by atoms with Crippen molar-refractivity contribution in [1.82, 2.24) is 5.32 Å². The summed E-state index contributed by atoms with van der Waals surface area (Å²) in [5, 5.41) is 19.1. The Hall–Kier alpha value is -2.70. The summed E-state index contributed by atoms with van der Waals surface area (Å²) < 4.78 is 0. The SMILES string of the molecule is N=C(N)c1ccc(CCC(=O)CNC(=O)[C@H](CCC(=O)O)C2CCCCC2)cc1. The number of Topliss-reactive ketones (excluding diaryl/α,β-unsaturated/α-hetero) is 1. The fourth-order valence-electron chi connectivity index (χ4n) is 3.94. The number of nitrogens with one attached hydrogen (secondary N) is 2. The molecule has 1 aromatic rings. The van der Waals surface area contributed by atoms with Gasteiger partial charge in [-0.15, -0.1) is 0 Å². The number of aliphatic carboxylic acids is 1. The first kappa shape index (κ1) is 22.6. The van der Waals surface area contributed by atoms with E-state index in [0.29, 0.717) is 24.8 Å². The van der Waals surface area contributed by atoms with Crippen molar-refractivity contribution in [2.45, 2.75) is 57.8 Å². The van der Waals surface area contributed by atoms with Crippen LogP contribution in [-0.2, 0) is 20.8 Å². The van der Waals surface area contributed by atoms with E-state index in [2.05, 4.69) is 5.32 Å². The van der Waals surface area contributed by atoms with Crippen LogP contribution in [0.4, 0.5) is 0 Å². The predicted molar refractivity (Wildman–Crippen MR) is 111 cm³/mol. The second-order valence-corrected chi connectivity index (χ2v) is 7.80. The average Bonchev–Trinajstić information content (AvgIpc) is 2.71. The Morgan fingerprint density at radius 3 is 2.34 bits per heavy atom. The molecule has 0 aromatic heterocycles. The second kappa shape index (κ2) is 11.3. The molecule has 1 aliphatic carbocycles. The molecule has 0 radical (unpaired) electrons. The normalized spacial score (nSPS) is 15.4. The van der Waals surface area contributed by atoms with Gasteiger partial charge in [0.25, 0.3) is 0 Å². The van der Waals surface area contributed by atoms with E-state index >= 15 is 0 Å². The van der Waals surface area contributed by atoms with Gasteiger partial charge in [-0.1, -0.05) is 43.5 Å². The molecular formula is C22H31N3O4. The van der Waals surface area contributed by atoms with Crippen LogP contribution in [0.1, 0.15) is 62.5 Å². The summed E-state index contributed by atoms with van der Waals surface area (Å²) in [7, 11) is 0. The van der Waals surface area contributed by atoms with Gasteiger partial charge in [0.15, 0.2) is 5.78 Å². The smallest absolute Gasteiger partial charge is 0.303 e. The number of benzene rings is 1. The third-order valence-corrected chi connectivity index (χ3v) is 5.64. The van der Waals surface area contributed by atoms with Crippen molar-refractivity contribution in [1.29, 1.82) is 5.41 Å². The van der Waals surface area contributed by atoms with E-state index in [1.54, 1.807) is 12.1 Å². The van der Waals surface area contributed by atoms with E-state index in [4.69, 9.17) is 16.2 Å². The van der Waals surface area contributed by atoms with E-state index in [9.17, 15) is 14.4 Å². The molecule has 0 bridgehead atoms. The summed E-state index contributed by atoms with van der Waals surface area (Å²) in [6, 6.07) is 7.18. The number of aryl methyl sites for hydroxylation is 1. The predicted octanol–water partition coefficient (Wildman–Crippen LogP) is 2.65. The summed E-state index contributed by atoms with van der Waals surface area (Å²) in [6.07, 6.45) is 6.35. The molecule has 1 saturated carbocycles. The van der Waals surface area contributed by atoms with E-state index in [0.717, 1.165) is 37.7 Å². The van der Waals surface area contributed by atoms with Crippen LogP contribution in [0.2, 0.25) is 0 Å². The molecule has 1 amide bonds. The van der Waals surface area contributed by atoms with Gasteiger partial charge >= 0.3 is 5.97 Å². The summed E-state index contributed by atoms with van der Waals surface area (Å²) in [4.78, 5) is 35.8. The number of amidine groups is 1. The number of carboxylic acids is 1. The largest absolute Gasteiger partial charge is 0.481 e. The van der Waals surface area contributed by atoms with Crippen molar-refractivity contribution < 1.29 is 19.5 Å². The Morgan fingerprint density at radius 2 is 1.76 bits per heavy atom. The first-order valence-electron chi connectivity index (χ1n) is 10.3. The molecule has 1 fully saturated rings. The molecule has 0 saturated heterocycles. The molecule has 0 unspecified atom stereocenters. The molecular weight excluding hydrogens is 370 g/mol. The molecule has 1 aromatic carbocycles. The number of hydrogen-bond donors (Lipinski definition) is 4. The third-order valence-electron chi connectivity index (χ3n) is 5.64. The number of nitrogen functional groups attached to an aromatic ring is 1. The Kier molecular flexibility index (Phi) is 8.83. The van der Waals surface area contributed by atoms with Crippen LogP contribution in [0, 0.1) is 17.2 Å². The zero-order valence-corrected chi connectivity index (χ0v) is 16.8. The lowest BCUT2D eigenvalue weighted by molar-refractivity contribution is -0.138. The Balaban J connectivity index is 1.81. The number of carbonyl (C=O) groups is 3. The molecule has 1 aliphatic rings. The Morgan fingerprint density at radius 1 is 1.10 bits per heavy atom. The van der Waals surface area contributed by atoms with E-state index in [1.165, 1.54) is 0 Å². The fraction of sp³-hybridized carbons (Fsp3) is 0.545. The fourth-order valence-corrected chi connectivity index (χ4v) is 3.94. The lowest BCUT2D eigenvalue weighted by atomic mass is 9.77. The highest BCUT2D eigenvalue weighted by Crippen LogP contribution is 2.32. The van der Waals surface area contributed by atoms with Gasteiger partial charge in [-0.3, -0.25) is 19.8 Å². The highest BCUT2D eigenvalue weighted by atomic mass is 16.4. The van der Waals surface area contributed by atoms with Crippen LogP contribution in [0.15, 0.2) is 24.3 Å². The number of ketones is 1. The maximum atomic E-state index is 12.6. The van der Waals surface area contributed by atoms with Crippen LogP contribution in [0.3, 0.4) is 0 Å². The van der Waals surface area contributed by atoms with Crippen molar-refractivity contribution in [3.63, 3.8) is 0 Å². The highest BCUT2D eigenvalue weighted by Gasteiger charge is 2.30. The van der Waals surface area contributed by atoms with Gasteiger partial charge in [-0.2, -0.15) is 0 Å². The van der Waals surface area contributed by atoms with Gasteiger partial charge in [-0.05, 0) is 37.2 Å². The number of carboxylic acid groups (broad SMARTS) is 1. The van der Waals surface area contributed by atoms with Crippen LogP contribution in [-0.4, -0.2) is 35.1 Å². The monoisotopic (exact) mass is 401 g/mol. The zero-order valence-electron chi connectivity index (χ0n) is 16.8. The van der Waals surface area contributed by atoms with E-state index < -0.39 is 5.97 Å². The molecule has 0 spiro atoms. The highest BCUT2D eigenvalue weighted by molar-refractivity contribution is 5.94. The lowest BCUT2D eigenvalue weighted by Crippen LogP contribution is -2.38. The van der Waals surface area contributed by atoms with Crippen LogP contribution >= 0.6 is 0 Å². The molecule has 0 aliphatic heterocycles. The van der Waals surface area contributed by atoms with E-state index in [1.807, 2.05) is 12.1 Å². The van der Waals surface area contributed by atoms with Crippen molar-refractivity contribution in [2.24, 2.45) is 17.6 Å². The molecule has 5 N–H and O–H groups in total. The molecule has 29 heavy (non-hydrogen) atoms. The minimum atomic E-state index is -0.898.